The van der Waals surface area contributed by atoms with Crippen LogP contribution in [0.5, 0.6) is 5.75 Å². The number of hydrogen-bond acceptors (Lipinski definition) is 4. The lowest BCUT2D eigenvalue weighted by molar-refractivity contribution is -0.150. The summed E-state index contributed by atoms with van der Waals surface area (Å²) in [6.07, 6.45) is 4.45. The summed E-state index contributed by atoms with van der Waals surface area (Å²) < 4.78 is 9.38. The second kappa shape index (κ2) is 4.65. The Balaban J connectivity index is 2.12. The van der Waals surface area contributed by atoms with Gasteiger partial charge in [0.2, 0.25) is 0 Å². The Labute approximate surface area is 98.2 Å². The molecule has 4 nitrogen and oxygen atoms in total. The molecule has 0 amide bonds. The molecule has 2 rings (SSSR count). The molecule has 0 spiro atoms. The van der Waals surface area contributed by atoms with Crippen molar-refractivity contribution in [3.05, 3.63) is 47.6 Å². The van der Waals surface area contributed by atoms with Crippen LogP contribution in [0.25, 0.3) is 6.08 Å². The van der Waals surface area contributed by atoms with Crippen molar-refractivity contribution in [1.29, 1.82) is 0 Å². The number of hydrogen-bond donors (Lipinski definition) is 0. The highest BCUT2D eigenvalue weighted by Gasteiger charge is 2.20. The molecule has 4 heteroatoms. The monoisotopic (exact) mass is 230 g/mol. The van der Waals surface area contributed by atoms with Gasteiger partial charge in [0.15, 0.2) is 0 Å². The summed E-state index contributed by atoms with van der Waals surface area (Å²) >= 11 is 0. The van der Waals surface area contributed by atoms with Crippen LogP contribution < -0.4 is 4.74 Å². The predicted molar refractivity (Wildman–Crippen MR) is 61.2 cm³/mol. The molecule has 1 aliphatic heterocycles. The third-order valence-corrected chi connectivity index (χ3v) is 2.27. The Morgan fingerprint density at radius 3 is 2.35 bits per heavy atom. The highest BCUT2D eigenvalue weighted by Crippen LogP contribution is 2.15. The smallest absolute Gasteiger partial charge is 0.346 e. The van der Waals surface area contributed by atoms with Crippen molar-refractivity contribution in [2.24, 2.45) is 0 Å². The number of carbonyl (C=O) groups is 2. The molecule has 0 unspecified atom stereocenters. The maximum absolute atomic E-state index is 11.1. The number of rotatable bonds is 3. The first-order valence-corrected chi connectivity index (χ1v) is 4.99. The van der Waals surface area contributed by atoms with E-state index < -0.39 is 11.9 Å². The first-order valence-electron chi connectivity index (χ1n) is 4.99. The number of cyclic esters (lactones) is 2. The second-order valence-corrected chi connectivity index (χ2v) is 3.41. The molecular weight excluding hydrogens is 220 g/mol. The summed E-state index contributed by atoms with van der Waals surface area (Å²) in [5, 5.41) is 0. The fourth-order valence-corrected chi connectivity index (χ4v) is 1.38. The Kier molecular flexibility index (Phi) is 3.05. The lowest BCUT2D eigenvalue weighted by Crippen LogP contribution is -2.00. The van der Waals surface area contributed by atoms with E-state index in [9.17, 15) is 9.59 Å². The largest absolute Gasteiger partial charge is 0.497 e. The van der Waals surface area contributed by atoms with E-state index in [2.05, 4.69) is 4.74 Å². The molecule has 0 saturated heterocycles. The summed E-state index contributed by atoms with van der Waals surface area (Å²) in [4.78, 5) is 21.9. The summed E-state index contributed by atoms with van der Waals surface area (Å²) in [6, 6.07) is 7.31. The van der Waals surface area contributed by atoms with Gasteiger partial charge in [0, 0.05) is 6.08 Å². The highest BCUT2D eigenvalue weighted by molar-refractivity contribution is 6.10. The molecule has 0 saturated carbocycles. The summed E-state index contributed by atoms with van der Waals surface area (Å²) in [6.45, 7) is 0. The van der Waals surface area contributed by atoms with Gasteiger partial charge >= 0.3 is 11.9 Å². The van der Waals surface area contributed by atoms with Crippen molar-refractivity contribution in [3.63, 3.8) is 0 Å². The Hall–Kier alpha value is -2.36. The minimum Gasteiger partial charge on any atom is -0.497 e. The highest BCUT2D eigenvalue weighted by atomic mass is 16.6. The topological polar surface area (TPSA) is 52.6 Å². The fourth-order valence-electron chi connectivity index (χ4n) is 1.38. The third kappa shape index (κ3) is 2.60. The van der Waals surface area contributed by atoms with Gasteiger partial charge in [-0.15, -0.1) is 0 Å². The Bertz CT molecular complexity index is 509. The normalized spacial score (nSPS) is 15.0. The average Bonchev–Trinajstić information content (AvgIpc) is 2.66. The van der Waals surface area contributed by atoms with Crippen LogP contribution in [-0.2, 0) is 14.3 Å². The lowest BCUT2D eigenvalue weighted by atomic mass is 10.1. The van der Waals surface area contributed by atoms with E-state index in [1.54, 1.807) is 19.3 Å². The van der Waals surface area contributed by atoms with E-state index in [1.807, 2.05) is 24.3 Å². The zero-order valence-electron chi connectivity index (χ0n) is 9.17. The van der Waals surface area contributed by atoms with Gasteiger partial charge in [-0.05, 0) is 23.8 Å². The van der Waals surface area contributed by atoms with Crippen LogP contribution in [0.4, 0.5) is 0 Å². The quantitative estimate of drug-likeness (QED) is 0.586. The molecule has 0 fully saturated rings. The van der Waals surface area contributed by atoms with Gasteiger partial charge in [0.25, 0.3) is 0 Å². The van der Waals surface area contributed by atoms with E-state index in [4.69, 9.17) is 4.74 Å². The maximum Gasteiger partial charge on any atom is 0.346 e. The number of esters is 2. The van der Waals surface area contributed by atoms with Crippen molar-refractivity contribution in [3.8, 4) is 5.75 Å². The average molecular weight is 230 g/mol. The molecule has 17 heavy (non-hydrogen) atoms. The van der Waals surface area contributed by atoms with Crippen LogP contribution in [-0.4, -0.2) is 19.0 Å². The molecular formula is C13H10O4. The SMILES string of the molecule is COc1ccc(/C=C/C2=CC(=O)OC2=O)cc1. The number of ether oxygens (including phenoxy) is 2. The molecule has 0 N–H and O–H groups in total. The van der Waals surface area contributed by atoms with E-state index in [-0.39, 0.29) is 5.57 Å². The van der Waals surface area contributed by atoms with Crippen molar-refractivity contribution in [2.75, 3.05) is 7.11 Å². The van der Waals surface area contributed by atoms with Crippen LogP contribution in [0.2, 0.25) is 0 Å². The molecule has 0 radical (unpaired) electrons. The third-order valence-electron chi connectivity index (χ3n) is 2.27. The number of methoxy groups -OCH3 is 1. The Morgan fingerprint density at radius 1 is 1.12 bits per heavy atom. The number of benzene rings is 1. The molecule has 0 atom stereocenters. The van der Waals surface area contributed by atoms with Crippen LogP contribution in [0.3, 0.4) is 0 Å². The van der Waals surface area contributed by atoms with E-state index in [0.717, 1.165) is 11.3 Å². The van der Waals surface area contributed by atoms with Gasteiger partial charge in [-0.3, -0.25) is 0 Å². The number of carbonyl (C=O) groups excluding carboxylic acids is 2. The standard InChI is InChI=1S/C13H10O4/c1-16-11-6-3-9(4-7-11)2-5-10-8-12(14)17-13(10)15/h2-8H,1H3/b5-2+. The molecule has 0 bridgehead atoms. The lowest BCUT2D eigenvalue weighted by Gasteiger charge is -1.98. The van der Waals surface area contributed by atoms with Gasteiger partial charge in [0.05, 0.1) is 12.7 Å². The van der Waals surface area contributed by atoms with E-state index in [0.29, 0.717) is 0 Å². The molecule has 1 heterocycles. The van der Waals surface area contributed by atoms with Gasteiger partial charge in [-0.25, -0.2) is 9.59 Å². The fraction of sp³-hybridized carbons (Fsp3) is 0.0769. The maximum atomic E-state index is 11.1. The first kappa shape index (κ1) is 11.1. The molecule has 0 aromatic heterocycles. The zero-order valence-corrected chi connectivity index (χ0v) is 9.17. The molecule has 86 valence electrons. The minimum absolute atomic E-state index is 0.255. The Morgan fingerprint density at radius 2 is 1.82 bits per heavy atom. The minimum atomic E-state index is -0.621. The molecule has 1 aromatic rings. The molecule has 0 aliphatic carbocycles. The summed E-state index contributed by atoms with van der Waals surface area (Å²) in [5.74, 6) is -0.471. The summed E-state index contributed by atoms with van der Waals surface area (Å²) in [7, 11) is 1.59. The van der Waals surface area contributed by atoms with Gasteiger partial charge in [-0.1, -0.05) is 18.2 Å². The van der Waals surface area contributed by atoms with Crippen LogP contribution in [0, 0.1) is 0 Å². The van der Waals surface area contributed by atoms with Gasteiger partial charge in [-0.2, -0.15) is 0 Å². The van der Waals surface area contributed by atoms with Crippen LogP contribution in [0.1, 0.15) is 5.56 Å². The molecule has 1 aromatic carbocycles. The van der Waals surface area contributed by atoms with Crippen molar-refractivity contribution < 1.29 is 19.1 Å². The molecule has 1 aliphatic rings. The van der Waals surface area contributed by atoms with Gasteiger partial charge < -0.3 is 9.47 Å². The van der Waals surface area contributed by atoms with Crippen molar-refractivity contribution >= 4 is 18.0 Å². The predicted octanol–water partition coefficient (Wildman–Crippen LogP) is 1.72. The zero-order chi connectivity index (χ0) is 12.3. The van der Waals surface area contributed by atoms with Crippen molar-refractivity contribution in [1.82, 2.24) is 0 Å². The van der Waals surface area contributed by atoms with Crippen LogP contribution in [0.15, 0.2) is 42.0 Å². The second-order valence-electron chi connectivity index (χ2n) is 3.41. The van der Waals surface area contributed by atoms with Gasteiger partial charge in [0.1, 0.15) is 5.75 Å². The first-order chi connectivity index (χ1) is 8.19. The van der Waals surface area contributed by atoms with E-state index >= 15 is 0 Å². The van der Waals surface area contributed by atoms with Crippen LogP contribution >= 0.6 is 0 Å². The van der Waals surface area contributed by atoms with Crippen molar-refractivity contribution in [2.45, 2.75) is 0 Å². The summed E-state index contributed by atoms with van der Waals surface area (Å²) in [5.41, 5.74) is 1.16. The van der Waals surface area contributed by atoms with E-state index in [1.165, 1.54) is 6.08 Å².